The zero-order valence-electron chi connectivity index (χ0n) is 28.2. The third-order valence-electron chi connectivity index (χ3n) is 7.12. The summed E-state index contributed by atoms with van der Waals surface area (Å²) in [6, 6.07) is 0. The third kappa shape index (κ3) is 30.1. The number of aliphatic hydroxyl groups excluding tert-OH is 1. The van der Waals surface area contributed by atoms with Gasteiger partial charge in [0, 0.05) is 65.0 Å². The van der Waals surface area contributed by atoms with Crippen LogP contribution in [-0.4, -0.2) is 105 Å². The normalized spacial score (nSPS) is 10.7. The van der Waals surface area contributed by atoms with Crippen LogP contribution >= 0.6 is 0 Å². The van der Waals surface area contributed by atoms with E-state index in [9.17, 15) is 24.0 Å². The highest BCUT2D eigenvalue weighted by atomic mass is 16.6. The number of carbonyl (C=O) groups is 5. The molecular weight excluding hydrogens is 614 g/mol. The zero-order valence-corrected chi connectivity index (χ0v) is 28.2. The van der Waals surface area contributed by atoms with E-state index in [1.165, 1.54) is 4.90 Å². The molecule has 0 fully saturated rings. The maximum atomic E-state index is 12.4. The minimum atomic E-state index is -0.638. The van der Waals surface area contributed by atoms with Crippen molar-refractivity contribution in [2.75, 3.05) is 65.7 Å². The fourth-order valence-electron chi connectivity index (χ4n) is 4.46. The van der Waals surface area contributed by atoms with Gasteiger partial charge in [-0.05, 0) is 51.4 Å². The molecule has 0 heterocycles. The molecule has 0 atom stereocenters. The minimum Gasteiger partial charge on any atom is -0.447 e. The fraction of sp³-hybridized carbons (Fsp3) is 0.839. The number of carbonyl (C=O) groups excluding carboxylic acids is 5. The molecule has 0 saturated carbocycles. The van der Waals surface area contributed by atoms with E-state index in [-0.39, 0.29) is 63.0 Å². The van der Waals surface area contributed by atoms with E-state index < -0.39 is 6.09 Å². The lowest BCUT2D eigenvalue weighted by atomic mass is 10.1. The Hall–Kier alpha value is -3.05. The van der Waals surface area contributed by atoms with Crippen LogP contribution in [0.25, 0.3) is 0 Å². The topological polar surface area (TPSA) is 237 Å². The van der Waals surface area contributed by atoms with Crippen molar-refractivity contribution in [3.05, 3.63) is 0 Å². The molecule has 0 rings (SSSR count). The van der Waals surface area contributed by atoms with Crippen LogP contribution in [0.2, 0.25) is 0 Å². The maximum Gasteiger partial charge on any atom is 0.409 e. The first-order chi connectivity index (χ1) is 22.8. The van der Waals surface area contributed by atoms with Crippen LogP contribution in [0.1, 0.15) is 103 Å². The molecule has 0 spiro atoms. The average Bonchev–Trinajstić information content (AvgIpc) is 3.05. The predicted octanol–water partition coefficient (Wildman–Crippen LogP) is 0.904. The van der Waals surface area contributed by atoms with Crippen molar-refractivity contribution < 1.29 is 43.5 Å². The summed E-state index contributed by atoms with van der Waals surface area (Å²) in [5.74, 6) is 9.70. The molecule has 0 unspecified atom stereocenters. The van der Waals surface area contributed by atoms with Gasteiger partial charge in [-0.1, -0.05) is 25.7 Å². The Balaban J connectivity index is 4.05. The van der Waals surface area contributed by atoms with E-state index >= 15 is 0 Å². The number of aliphatic hydroxyl groups is 1. The van der Waals surface area contributed by atoms with Gasteiger partial charge < -0.3 is 45.7 Å². The molecule has 5 amide bonds. The molecule has 0 aliphatic rings. The van der Waals surface area contributed by atoms with Crippen molar-refractivity contribution in [3.63, 3.8) is 0 Å². The van der Waals surface area contributed by atoms with Crippen molar-refractivity contribution in [2.24, 2.45) is 11.8 Å². The van der Waals surface area contributed by atoms with Gasteiger partial charge in [-0.25, -0.2) is 16.6 Å². The first-order valence-corrected chi connectivity index (χ1v) is 17.1. The Morgan fingerprint density at radius 2 is 0.851 bits per heavy atom. The lowest BCUT2D eigenvalue weighted by Crippen LogP contribution is -2.43. The molecule has 0 saturated heterocycles. The molecule has 0 bridgehead atoms. The van der Waals surface area contributed by atoms with Gasteiger partial charge in [0.1, 0.15) is 6.61 Å². The monoisotopic (exact) mass is 675 g/mol. The first kappa shape index (κ1) is 43.9. The van der Waals surface area contributed by atoms with E-state index in [0.29, 0.717) is 64.8 Å². The van der Waals surface area contributed by atoms with E-state index in [2.05, 4.69) is 30.9 Å². The van der Waals surface area contributed by atoms with E-state index in [0.717, 1.165) is 64.2 Å². The number of nitrogens with one attached hydrogen (secondary N) is 4. The Labute approximate surface area is 279 Å². The summed E-state index contributed by atoms with van der Waals surface area (Å²) in [6.45, 7) is 2.47. The first-order valence-electron chi connectivity index (χ1n) is 17.1. The number of hydrogen-bond donors (Lipinski definition) is 7. The van der Waals surface area contributed by atoms with Gasteiger partial charge in [-0.15, -0.1) is 0 Å². The minimum absolute atomic E-state index is 0.0186. The van der Waals surface area contributed by atoms with Gasteiger partial charge >= 0.3 is 6.09 Å². The summed E-state index contributed by atoms with van der Waals surface area (Å²) in [5.41, 5.74) is 0. The van der Waals surface area contributed by atoms with Gasteiger partial charge in [0.05, 0.1) is 19.8 Å². The van der Waals surface area contributed by atoms with Crippen LogP contribution in [0, 0.1) is 0 Å². The van der Waals surface area contributed by atoms with Crippen LogP contribution in [0.15, 0.2) is 0 Å². The number of hydrogen-bond acceptors (Lipinski definition) is 11. The third-order valence-corrected chi connectivity index (χ3v) is 7.12. The standard InChI is InChI=1S/C31H61N7O9/c32-46-24-11-3-7-15-27(40)34-17-9-1-5-13-29(42)36-19-21-38(31(44)45-26-23-39)22-20-37-30(43)14-6-2-10-18-35-28(41)16-8-4-12-25-47-33/h39H,1-26,32-33H2,(H,34,40)(H,35,41)(H,36,42)(H,37,43). The molecule has 0 aliphatic carbocycles. The molecule has 16 nitrogen and oxygen atoms in total. The van der Waals surface area contributed by atoms with Crippen LogP contribution in [-0.2, 0) is 33.6 Å². The quantitative estimate of drug-likeness (QED) is 0.0391. The summed E-state index contributed by atoms with van der Waals surface area (Å²) < 4.78 is 5.01. The lowest BCUT2D eigenvalue weighted by Gasteiger charge is -2.22. The molecular formula is C31H61N7O9. The molecule has 16 heteroatoms. The Bertz CT molecular complexity index is 781. The second-order valence-corrected chi connectivity index (χ2v) is 11.2. The van der Waals surface area contributed by atoms with E-state index in [4.69, 9.17) is 21.6 Å². The molecule has 0 aromatic rings. The van der Waals surface area contributed by atoms with Crippen LogP contribution in [0.5, 0.6) is 0 Å². The molecule has 9 N–H and O–H groups in total. The summed E-state index contributed by atoms with van der Waals surface area (Å²) >= 11 is 0. The lowest BCUT2D eigenvalue weighted by molar-refractivity contribution is -0.122. The summed E-state index contributed by atoms with van der Waals surface area (Å²) in [6.07, 6.45) is 10.5. The highest BCUT2D eigenvalue weighted by Crippen LogP contribution is 2.03. The van der Waals surface area contributed by atoms with E-state index in [1.54, 1.807) is 0 Å². The summed E-state index contributed by atoms with van der Waals surface area (Å²) in [7, 11) is 0. The number of unbranched alkanes of at least 4 members (excludes halogenated alkanes) is 8. The molecule has 0 radical (unpaired) electrons. The summed E-state index contributed by atoms with van der Waals surface area (Å²) in [5, 5.41) is 20.3. The van der Waals surface area contributed by atoms with Crippen molar-refractivity contribution in [2.45, 2.75) is 103 Å². The van der Waals surface area contributed by atoms with Crippen LogP contribution in [0.4, 0.5) is 4.79 Å². The number of nitrogens with two attached hydrogens (primary N) is 2. The summed E-state index contributed by atoms with van der Waals surface area (Å²) in [4.78, 5) is 70.8. The van der Waals surface area contributed by atoms with Gasteiger partial charge in [0.15, 0.2) is 0 Å². The van der Waals surface area contributed by atoms with Gasteiger partial charge in [-0.2, -0.15) is 0 Å². The number of nitrogens with zero attached hydrogens (tertiary/aromatic N) is 1. The molecule has 0 aromatic heterocycles. The van der Waals surface area contributed by atoms with Gasteiger partial charge in [0.25, 0.3) is 0 Å². The van der Waals surface area contributed by atoms with Crippen molar-refractivity contribution in [1.29, 1.82) is 0 Å². The van der Waals surface area contributed by atoms with Crippen molar-refractivity contribution in [1.82, 2.24) is 26.2 Å². The Morgan fingerprint density at radius 1 is 0.489 bits per heavy atom. The van der Waals surface area contributed by atoms with Gasteiger partial charge in [0.2, 0.25) is 23.6 Å². The van der Waals surface area contributed by atoms with Gasteiger partial charge in [-0.3, -0.25) is 19.2 Å². The number of amides is 5. The Kier molecular flexibility index (Phi) is 30.7. The number of rotatable bonds is 32. The SMILES string of the molecule is NOCCCCCC(=O)NCCCCCC(=O)NCCN(CCNC(=O)CCCCCNC(=O)CCCCCON)C(=O)OCCO. The fourth-order valence-corrected chi connectivity index (χ4v) is 4.46. The highest BCUT2D eigenvalue weighted by molar-refractivity contribution is 5.77. The second kappa shape index (κ2) is 32.9. The second-order valence-electron chi connectivity index (χ2n) is 11.2. The number of ether oxygens (including phenoxy) is 1. The molecule has 47 heavy (non-hydrogen) atoms. The molecule has 274 valence electrons. The van der Waals surface area contributed by atoms with E-state index in [1.807, 2.05) is 0 Å². The molecule has 0 aromatic carbocycles. The van der Waals surface area contributed by atoms with Crippen LogP contribution in [0.3, 0.4) is 0 Å². The smallest absolute Gasteiger partial charge is 0.409 e. The maximum absolute atomic E-state index is 12.4. The average molecular weight is 676 g/mol. The highest BCUT2D eigenvalue weighted by Gasteiger charge is 2.15. The van der Waals surface area contributed by atoms with Crippen LogP contribution < -0.4 is 33.1 Å². The predicted molar refractivity (Wildman–Crippen MR) is 176 cm³/mol. The zero-order chi connectivity index (χ0) is 34.8. The largest absolute Gasteiger partial charge is 0.447 e. The Morgan fingerprint density at radius 3 is 1.21 bits per heavy atom. The molecule has 0 aliphatic heterocycles. The van der Waals surface area contributed by atoms with Crippen molar-refractivity contribution >= 4 is 29.7 Å². The van der Waals surface area contributed by atoms with Crippen molar-refractivity contribution in [3.8, 4) is 0 Å².